The average Bonchev–Trinajstić information content (AvgIpc) is 2.37. The molecular weight excluding hydrogens is 295 g/mol. The van der Waals surface area contributed by atoms with E-state index in [2.05, 4.69) is 34.6 Å². The number of piperazine rings is 1. The molecule has 1 aliphatic heterocycles. The quantitative estimate of drug-likeness (QED) is 0.724. The van der Waals surface area contributed by atoms with Gasteiger partial charge in [-0.2, -0.15) is 4.39 Å². The van der Waals surface area contributed by atoms with E-state index in [1.54, 1.807) is 4.90 Å². The molecule has 0 aliphatic carbocycles. The van der Waals surface area contributed by atoms with Gasteiger partial charge in [-0.1, -0.05) is 48.5 Å². The maximum Gasteiger partial charge on any atom is 0.315 e. The molecule has 0 atom stereocenters. The van der Waals surface area contributed by atoms with Crippen molar-refractivity contribution < 1.29 is 14.0 Å². The first-order chi connectivity index (χ1) is 10.5. The van der Waals surface area contributed by atoms with Gasteiger partial charge < -0.3 is 4.90 Å². The van der Waals surface area contributed by atoms with Gasteiger partial charge >= 0.3 is 6.04 Å². The Kier molecular flexibility index (Phi) is 8.96. The van der Waals surface area contributed by atoms with Gasteiger partial charge in [-0.3, -0.25) is 14.5 Å². The molecule has 1 fully saturated rings. The monoisotopic (exact) mass is 330 g/mol. The van der Waals surface area contributed by atoms with Gasteiger partial charge in [0.05, 0.1) is 6.54 Å². The van der Waals surface area contributed by atoms with Crippen LogP contribution in [0.4, 0.5) is 4.39 Å². The Bertz CT molecular complexity index is 381. The molecule has 0 spiro atoms. The average molecular weight is 330 g/mol. The number of carbonyl (C=O) groups excluding carboxylic acids is 2. The molecule has 1 rings (SSSR count). The maximum absolute atomic E-state index is 12.4. The predicted molar refractivity (Wildman–Crippen MR) is 93.0 cm³/mol. The van der Waals surface area contributed by atoms with E-state index < -0.39 is 6.04 Å². The van der Waals surface area contributed by atoms with E-state index in [-0.39, 0.29) is 23.3 Å². The van der Waals surface area contributed by atoms with Gasteiger partial charge in [-0.25, -0.2) is 0 Å². The number of rotatable bonds is 5. The molecule has 23 heavy (non-hydrogen) atoms. The molecule has 0 N–H and O–H groups in total. The molecule has 4 nitrogen and oxygen atoms in total. The Morgan fingerprint density at radius 2 is 1.43 bits per heavy atom. The molecule has 1 heterocycles. The van der Waals surface area contributed by atoms with Gasteiger partial charge in [0.2, 0.25) is 5.91 Å². The third-order valence-electron chi connectivity index (χ3n) is 3.71. The molecule has 0 unspecified atom stereocenters. The van der Waals surface area contributed by atoms with E-state index in [1.165, 1.54) is 0 Å². The standard InChI is InChI=1S/C16H29FN2O2.C2H6/c1-15(2,3)12-16(4,5)10-14(21)19-8-6-18(7-9-19)11-13(17)20;1-2/h6-12H2,1-5H3;1-2H3. The summed E-state index contributed by atoms with van der Waals surface area (Å²) in [5.74, 6) is 0.162. The van der Waals surface area contributed by atoms with Crippen LogP contribution in [0.2, 0.25) is 0 Å². The second-order valence-electron chi connectivity index (χ2n) is 8.09. The van der Waals surface area contributed by atoms with Crippen molar-refractivity contribution in [3.8, 4) is 0 Å². The van der Waals surface area contributed by atoms with Gasteiger partial charge in [-0.15, -0.1) is 0 Å². The van der Waals surface area contributed by atoms with Gasteiger partial charge in [-0.05, 0) is 17.3 Å². The first-order valence-corrected chi connectivity index (χ1v) is 8.67. The Morgan fingerprint density at radius 1 is 0.957 bits per heavy atom. The topological polar surface area (TPSA) is 40.6 Å². The second-order valence-corrected chi connectivity index (χ2v) is 8.09. The normalized spacial score (nSPS) is 16.6. The number of nitrogens with zero attached hydrogens (tertiary/aromatic N) is 2. The summed E-state index contributed by atoms with van der Waals surface area (Å²) in [6.07, 6.45) is 1.52. The van der Waals surface area contributed by atoms with E-state index in [9.17, 15) is 14.0 Å². The molecule has 0 aromatic carbocycles. The highest BCUT2D eigenvalue weighted by molar-refractivity contribution is 5.77. The fourth-order valence-electron chi connectivity index (χ4n) is 3.35. The first-order valence-electron chi connectivity index (χ1n) is 8.67. The summed E-state index contributed by atoms with van der Waals surface area (Å²) in [6.45, 7) is 17.0. The molecule has 0 radical (unpaired) electrons. The van der Waals surface area contributed by atoms with E-state index in [1.807, 2.05) is 18.7 Å². The van der Waals surface area contributed by atoms with Gasteiger partial charge in [0, 0.05) is 32.6 Å². The lowest BCUT2D eigenvalue weighted by Crippen LogP contribution is -2.50. The molecule has 1 aliphatic rings. The van der Waals surface area contributed by atoms with Crippen LogP contribution in [0.25, 0.3) is 0 Å². The second kappa shape index (κ2) is 9.36. The van der Waals surface area contributed by atoms with Gasteiger partial charge in [0.15, 0.2) is 0 Å². The van der Waals surface area contributed by atoms with Gasteiger partial charge in [0.1, 0.15) is 0 Å². The fraction of sp³-hybridized carbons (Fsp3) is 0.889. The molecule has 136 valence electrons. The van der Waals surface area contributed by atoms with Crippen LogP contribution in [-0.4, -0.2) is 54.5 Å². The summed E-state index contributed by atoms with van der Waals surface area (Å²) in [4.78, 5) is 26.4. The summed E-state index contributed by atoms with van der Waals surface area (Å²) in [6, 6.07) is -1.30. The van der Waals surface area contributed by atoms with E-state index in [0.29, 0.717) is 32.6 Å². The summed E-state index contributed by atoms with van der Waals surface area (Å²) in [7, 11) is 0. The third kappa shape index (κ3) is 9.69. The van der Waals surface area contributed by atoms with Crippen LogP contribution in [0.5, 0.6) is 0 Å². The lowest BCUT2D eigenvalue weighted by molar-refractivity contribution is -0.136. The number of hydrogen-bond donors (Lipinski definition) is 0. The predicted octanol–water partition coefficient (Wildman–Crippen LogP) is 3.51. The number of carbonyl (C=O) groups is 2. The maximum atomic E-state index is 12.4. The van der Waals surface area contributed by atoms with Crippen LogP contribution in [-0.2, 0) is 9.59 Å². The molecule has 0 aromatic heterocycles. The fourth-order valence-corrected chi connectivity index (χ4v) is 3.35. The van der Waals surface area contributed by atoms with Crippen molar-refractivity contribution in [1.29, 1.82) is 0 Å². The van der Waals surface area contributed by atoms with Crippen LogP contribution in [0, 0.1) is 10.8 Å². The molecule has 0 saturated carbocycles. The van der Waals surface area contributed by atoms with Crippen molar-refractivity contribution in [2.45, 2.75) is 61.3 Å². The Hall–Kier alpha value is -0.970. The minimum atomic E-state index is -1.30. The van der Waals surface area contributed by atoms with Crippen molar-refractivity contribution in [2.75, 3.05) is 32.7 Å². The zero-order valence-electron chi connectivity index (χ0n) is 16.0. The minimum absolute atomic E-state index is 0.0264. The van der Waals surface area contributed by atoms with Crippen molar-refractivity contribution >= 4 is 11.9 Å². The van der Waals surface area contributed by atoms with Crippen LogP contribution < -0.4 is 0 Å². The van der Waals surface area contributed by atoms with Crippen molar-refractivity contribution in [3.05, 3.63) is 0 Å². The van der Waals surface area contributed by atoms with E-state index in [4.69, 9.17) is 0 Å². The van der Waals surface area contributed by atoms with Gasteiger partial charge in [0.25, 0.3) is 0 Å². The molecule has 1 amide bonds. The van der Waals surface area contributed by atoms with E-state index in [0.717, 1.165) is 6.42 Å². The van der Waals surface area contributed by atoms with Crippen molar-refractivity contribution in [2.24, 2.45) is 10.8 Å². The number of amides is 1. The highest BCUT2D eigenvalue weighted by Gasteiger charge is 2.31. The summed E-state index contributed by atoms with van der Waals surface area (Å²) in [5.41, 5.74) is 0.172. The lowest BCUT2D eigenvalue weighted by atomic mass is 9.74. The Labute approximate surface area is 141 Å². The highest BCUT2D eigenvalue weighted by atomic mass is 19.1. The van der Waals surface area contributed by atoms with E-state index >= 15 is 0 Å². The molecule has 0 aromatic rings. The number of halogens is 1. The highest BCUT2D eigenvalue weighted by Crippen LogP contribution is 2.36. The SMILES string of the molecule is CC.CC(C)(C)CC(C)(C)CC(=O)N1CCN(CC(=O)F)CC1. The van der Waals surface area contributed by atoms with Crippen LogP contribution >= 0.6 is 0 Å². The third-order valence-corrected chi connectivity index (χ3v) is 3.71. The summed E-state index contributed by atoms with van der Waals surface area (Å²) in [5, 5.41) is 0. The lowest BCUT2D eigenvalue weighted by Gasteiger charge is -2.37. The summed E-state index contributed by atoms with van der Waals surface area (Å²) >= 11 is 0. The molecular formula is C18H35FN2O2. The first kappa shape index (κ1) is 22.0. The van der Waals surface area contributed by atoms with Crippen LogP contribution in [0.15, 0.2) is 0 Å². The smallest absolute Gasteiger partial charge is 0.315 e. The Balaban J connectivity index is 0.00000232. The molecule has 5 heteroatoms. The molecule has 1 saturated heterocycles. The molecule has 0 bridgehead atoms. The summed E-state index contributed by atoms with van der Waals surface area (Å²) < 4.78 is 12.4. The van der Waals surface area contributed by atoms with Crippen LogP contribution in [0.3, 0.4) is 0 Å². The Morgan fingerprint density at radius 3 is 1.83 bits per heavy atom. The largest absolute Gasteiger partial charge is 0.340 e. The number of hydrogen-bond acceptors (Lipinski definition) is 3. The van der Waals surface area contributed by atoms with Crippen LogP contribution in [0.1, 0.15) is 61.3 Å². The zero-order chi connectivity index (χ0) is 18.3. The minimum Gasteiger partial charge on any atom is -0.340 e. The van der Waals surface area contributed by atoms with Crippen molar-refractivity contribution in [3.63, 3.8) is 0 Å². The zero-order valence-corrected chi connectivity index (χ0v) is 16.0. The van der Waals surface area contributed by atoms with Crippen molar-refractivity contribution in [1.82, 2.24) is 9.80 Å².